The van der Waals surface area contributed by atoms with Gasteiger partial charge in [0.15, 0.2) is 0 Å². The Morgan fingerprint density at radius 3 is 2.80 bits per heavy atom. The van der Waals surface area contributed by atoms with Gasteiger partial charge in [-0.3, -0.25) is 0 Å². The van der Waals surface area contributed by atoms with E-state index < -0.39 is 0 Å². The van der Waals surface area contributed by atoms with E-state index in [-0.39, 0.29) is 5.82 Å². The maximum atomic E-state index is 13.6. The van der Waals surface area contributed by atoms with Crippen LogP contribution in [0, 0.1) is 17.7 Å². The molecule has 0 spiro atoms. The topological polar surface area (TPSA) is 12.0 Å². The van der Waals surface area contributed by atoms with Gasteiger partial charge >= 0.3 is 0 Å². The molecule has 1 N–H and O–H groups in total. The molecule has 0 radical (unpaired) electrons. The fraction of sp³-hybridized carbons (Fsp3) is 0.647. The van der Waals surface area contributed by atoms with E-state index in [1.54, 1.807) is 6.07 Å². The first-order valence-corrected chi connectivity index (χ1v) is 8.23. The van der Waals surface area contributed by atoms with Gasteiger partial charge in [0.25, 0.3) is 0 Å². The van der Waals surface area contributed by atoms with Gasteiger partial charge in [-0.05, 0) is 49.4 Å². The van der Waals surface area contributed by atoms with E-state index in [0.29, 0.717) is 10.9 Å². The quantitative estimate of drug-likeness (QED) is 0.711. The minimum Gasteiger partial charge on any atom is -0.316 e. The Morgan fingerprint density at radius 1 is 1.35 bits per heavy atom. The summed E-state index contributed by atoms with van der Waals surface area (Å²) in [5.74, 6) is 1.04. The Morgan fingerprint density at radius 2 is 2.10 bits per heavy atom. The fourth-order valence-corrected chi connectivity index (χ4v) is 3.49. The average molecular weight is 298 g/mol. The Kier molecular flexibility index (Phi) is 6.31. The van der Waals surface area contributed by atoms with E-state index in [1.807, 2.05) is 6.07 Å². The summed E-state index contributed by atoms with van der Waals surface area (Å²) in [5, 5.41) is 3.84. The van der Waals surface area contributed by atoms with Gasteiger partial charge in [0.1, 0.15) is 5.82 Å². The van der Waals surface area contributed by atoms with Crippen molar-refractivity contribution < 1.29 is 4.39 Å². The smallest absolute Gasteiger partial charge is 0.142 e. The molecule has 20 heavy (non-hydrogen) atoms. The van der Waals surface area contributed by atoms with Crippen molar-refractivity contribution >= 4 is 11.6 Å². The van der Waals surface area contributed by atoms with Gasteiger partial charge in [0, 0.05) is 0 Å². The first-order chi connectivity index (χ1) is 9.72. The molecule has 0 heterocycles. The van der Waals surface area contributed by atoms with E-state index in [0.717, 1.165) is 37.4 Å². The Labute approximate surface area is 126 Å². The van der Waals surface area contributed by atoms with Crippen molar-refractivity contribution in [2.24, 2.45) is 11.8 Å². The summed E-state index contributed by atoms with van der Waals surface area (Å²) in [7, 11) is 0. The molecule has 0 aliphatic heterocycles. The number of benzene rings is 1. The van der Waals surface area contributed by atoms with Crippen molar-refractivity contribution in [1.29, 1.82) is 0 Å². The lowest BCUT2D eigenvalue weighted by Crippen LogP contribution is -2.29. The van der Waals surface area contributed by atoms with Crippen LogP contribution < -0.4 is 5.32 Å². The van der Waals surface area contributed by atoms with E-state index in [9.17, 15) is 4.39 Å². The molecule has 0 bridgehead atoms. The van der Waals surface area contributed by atoms with Crippen LogP contribution in [0.25, 0.3) is 0 Å². The fourth-order valence-electron chi connectivity index (χ4n) is 3.29. The maximum Gasteiger partial charge on any atom is 0.142 e. The molecule has 1 aromatic carbocycles. The second-order valence-corrected chi connectivity index (χ2v) is 6.30. The first-order valence-electron chi connectivity index (χ1n) is 7.86. The SMILES string of the molecule is CCCNCC(Cc1cccc(F)c1Cl)C1CCCC1. The third-order valence-electron chi connectivity index (χ3n) is 4.41. The van der Waals surface area contributed by atoms with Crippen molar-refractivity contribution in [2.75, 3.05) is 13.1 Å². The van der Waals surface area contributed by atoms with Crippen molar-refractivity contribution in [3.8, 4) is 0 Å². The van der Waals surface area contributed by atoms with Gasteiger partial charge in [0.2, 0.25) is 0 Å². The predicted molar refractivity (Wildman–Crippen MR) is 83.7 cm³/mol. The minimum absolute atomic E-state index is 0.296. The zero-order valence-corrected chi connectivity index (χ0v) is 13.1. The number of hydrogen-bond donors (Lipinski definition) is 1. The standard InChI is InChI=1S/C17H25ClFN/c1-2-10-20-12-15(13-6-3-4-7-13)11-14-8-5-9-16(19)17(14)18/h5,8-9,13,15,20H,2-4,6-7,10-12H2,1H3. The molecule has 2 rings (SSSR count). The average Bonchev–Trinajstić information content (AvgIpc) is 2.96. The molecule has 3 heteroatoms. The van der Waals surface area contributed by atoms with Gasteiger partial charge in [0.05, 0.1) is 5.02 Å². The molecule has 1 aliphatic carbocycles. The maximum absolute atomic E-state index is 13.6. The van der Waals surface area contributed by atoms with E-state index in [2.05, 4.69) is 12.2 Å². The molecular formula is C17H25ClFN. The summed E-state index contributed by atoms with van der Waals surface area (Å²) in [4.78, 5) is 0. The lowest BCUT2D eigenvalue weighted by molar-refractivity contribution is 0.321. The van der Waals surface area contributed by atoms with Crippen LogP contribution in [0.3, 0.4) is 0 Å². The summed E-state index contributed by atoms with van der Waals surface area (Å²) in [6, 6.07) is 5.17. The van der Waals surface area contributed by atoms with Gasteiger partial charge in [-0.1, -0.05) is 56.3 Å². The molecule has 0 amide bonds. The number of nitrogens with one attached hydrogen (secondary N) is 1. The van der Waals surface area contributed by atoms with Crippen LogP contribution in [-0.2, 0) is 6.42 Å². The lowest BCUT2D eigenvalue weighted by Gasteiger charge is -2.24. The highest BCUT2D eigenvalue weighted by molar-refractivity contribution is 6.31. The molecule has 1 aliphatic rings. The highest BCUT2D eigenvalue weighted by atomic mass is 35.5. The summed E-state index contributed by atoms with van der Waals surface area (Å²) in [6.07, 6.45) is 7.34. The molecule has 1 aromatic rings. The third-order valence-corrected chi connectivity index (χ3v) is 4.84. The third kappa shape index (κ3) is 4.20. The van der Waals surface area contributed by atoms with E-state index >= 15 is 0 Å². The molecule has 0 aromatic heterocycles. The Hall–Kier alpha value is -0.600. The summed E-state index contributed by atoms with van der Waals surface area (Å²) >= 11 is 6.11. The number of halogens is 2. The van der Waals surface area contributed by atoms with E-state index in [1.165, 1.54) is 31.7 Å². The number of rotatable bonds is 7. The van der Waals surface area contributed by atoms with Crippen LogP contribution >= 0.6 is 11.6 Å². The molecule has 1 saturated carbocycles. The van der Waals surface area contributed by atoms with Gasteiger partial charge in [-0.15, -0.1) is 0 Å². The summed E-state index contributed by atoms with van der Waals surface area (Å²) in [5.41, 5.74) is 0.960. The molecule has 1 fully saturated rings. The van der Waals surface area contributed by atoms with Crippen LogP contribution in [0.4, 0.5) is 4.39 Å². The molecule has 1 nitrogen and oxygen atoms in total. The minimum atomic E-state index is -0.296. The van der Waals surface area contributed by atoms with Gasteiger partial charge in [-0.25, -0.2) is 4.39 Å². The van der Waals surface area contributed by atoms with Gasteiger partial charge < -0.3 is 5.32 Å². The molecule has 1 unspecified atom stereocenters. The summed E-state index contributed by atoms with van der Waals surface area (Å²) < 4.78 is 13.6. The van der Waals surface area contributed by atoms with Crippen LogP contribution in [0.5, 0.6) is 0 Å². The van der Waals surface area contributed by atoms with Crippen LogP contribution in [0.2, 0.25) is 5.02 Å². The normalized spacial score (nSPS) is 17.6. The highest BCUT2D eigenvalue weighted by Crippen LogP contribution is 2.34. The van der Waals surface area contributed by atoms with Crippen LogP contribution in [0.15, 0.2) is 18.2 Å². The van der Waals surface area contributed by atoms with Crippen LogP contribution in [0.1, 0.15) is 44.6 Å². The lowest BCUT2D eigenvalue weighted by atomic mass is 9.85. The van der Waals surface area contributed by atoms with Crippen LogP contribution in [-0.4, -0.2) is 13.1 Å². The van der Waals surface area contributed by atoms with Crippen molar-refractivity contribution in [3.63, 3.8) is 0 Å². The second kappa shape index (κ2) is 7.99. The largest absolute Gasteiger partial charge is 0.316 e. The van der Waals surface area contributed by atoms with Crippen molar-refractivity contribution in [2.45, 2.75) is 45.4 Å². The Bertz CT molecular complexity index is 415. The first kappa shape index (κ1) is 15.8. The summed E-state index contributed by atoms with van der Waals surface area (Å²) in [6.45, 7) is 4.26. The molecule has 112 valence electrons. The van der Waals surface area contributed by atoms with Crippen molar-refractivity contribution in [1.82, 2.24) is 5.32 Å². The molecule has 0 saturated heterocycles. The molecule has 1 atom stereocenters. The highest BCUT2D eigenvalue weighted by Gasteiger charge is 2.25. The van der Waals surface area contributed by atoms with Gasteiger partial charge in [-0.2, -0.15) is 0 Å². The monoisotopic (exact) mass is 297 g/mol. The number of hydrogen-bond acceptors (Lipinski definition) is 1. The zero-order valence-electron chi connectivity index (χ0n) is 12.3. The Balaban J connectivity index is 2.03. The van der Waals surface area contributed by atoms with E-state index in [4.69, 9.17) is 11.6 Å². The predicted octanol–water partition coefficient (Wildman–Crippen LogP) is 4.83. The second-order valence-electron chi connectivity index (χ2n) is 5.93. The zero-order chi connectivity index (χ0) is 14.4. The van der Waals surface area contributed by atoms with Crippen molar-refractivity contribution in [3.05, 3.63) is 34.6 Å². The molecular weight excluding hydrogens is 273 g/mol.